The number of rotatable bonds is 2. The molecule has 66 valence electrons. The van der Waals surface area contributed by atoms with Gasteiger partial charge in [0.1, 0.15) is 0 Å². The second-order valence-corrected chi connectivity index (χ2v) is 2.51. The molecule has 0 atom stereocenters. The molecule has 4 nitrogen and oxygen atoms in total. The van der Waals surface area contributed by atoms with Gasteiger partial charge < -0.3 is 10.2 Å². The summed E-state index contributed by atoms with van der Waals surface area (Å²) in [6.45, 7) is 0. The summed E-state index contributed by atoms with van der Waals surface area (Å²) in [5, 5.41) is 2.64. The first-order valence-electron chi connectivity index (χ1n) is 3.52. The Labute approximate surface area is 70.4 Å². The Morgan fingerprint density at radius 1 is 1.50 bits per heavy atom. The average Bonchev–Trinajstić information content (AvgIpc) is 2.05. The van der Waals surface area contributed by atoms with Crippen LogP contribution in [-0.4, -0.2) is 31.1 Å². The fraction of sp³-hybridized carbons (Fsp3) is 0.429. The maximum absolute atomic E-state index is 12.8. The van der Waals surface area contributed by atoms with Crippen LogP contribution >= 0.6 is 0 Å². The lowest BCUT2D eigenvalue weighted by Crippen LogP contribution is -2.14. The van der Waals surface area contributed by atoms with E-state index >= 15 is 0 Å². The van der Waals surface area contributed by atoms with E-state index in [1.807, 2.05) is 0 Å². The molecule has 1 heterocycles. The van der Waals surface area contributed by atoms with Crippen molar-refractivity contribution in [3.8, 4) is 0 Å². The van der Waals surface area contributed by atoms with Gasteiger partial charge in [-0.05, 0) is 0 Å². The molecule has 1 rings (SSSR count). The number of aromatic nitrogens is 2. The van der Waals surface area contributed by atoms with Crippen molar-refractivity contribution >= 4 is 11.8 Å². The summed E-state index contributed by atoms with van der Waals surface area (Å²) in [6, 6.07) is 0. The highest BCUT2D eigenvalue weighted by Crippen LogP contribution is 2.11. The molecule has 0 aromatic carbocycles. The first-order valence-corrected chi connectivity index (χ1v) is 3.52. The first kappa shape index (κ1) is 8.70. The second kappa shape index (κ2) is 3.34. The molecule has 0 radical (unpaired) electrons. The predicted molar refractivity (Wildman–Crippen MR) is 45.9 cm³/mol. The van der Waals surface area contributed by atoms with Gasteiger partial charge in [0.2, 0.25) is 5.95 Å². The molecule has 0 unspecified atom stereocenters. The predicted octanol–water partition coefficient (Wildman–Crippen LogP) is 0.723. The van der Waals surface area contributed by atoms with Crippen molar-refractivity contribution in [2.24, 2.45) is 0 Å². The number of hydrogen-bond donors (Lipinski definition) is 1. The molecule has 0 bridgehead atoms. The quantitative estimate of drug-likeness (QED) is 0.710. The third kappa shape index (κ3) is 1.61. The van der Waals surface area contributed by atoms with Crippen LogP contribution in [-0.2, 0) is 0 Å². The van der Waals surface area contributed by atoms with Crippen molar-refractivity contribution in [2.75, 3.05) is 31.4 Å². The third-order valence-corrected chi connectivity index (χ3v) is 1.37. The summed E-state index contributed by atoms with van der Waals surface area (Å²) in [5.41, 5.74) is 0. The van der Waals surface area contributed by atoms with Crippen molar-refractivity contribution in [3.63, 3.8) is 0 Å². The Bertz CT molecular complexity index is 274. The highest BCUT2D eigenvalue weighted by atomic mass is 19.1. The van der Waals surface area contributed by atoms with Gasteiger partial charge >= 0.3 is 0 Å². The molecular formula is C7H11FN4. The minimum Gasteiger partial charge on any atom is -0.371 e. The van der Waals surface area contributed by atoms with Crippen molar-refractivity contribution in [1.82, 2.24) is 9.97 Å². The summed E-state index contributed by atoms with van der Waals surface area (Å²) in [6.07, 6.45) is 1.15. The Balaban J connectivity index is 3.05. The van der Waals surface area contributed by atoms with Crippen molar-refractivity contribution in [2.45, 2.75) is 0 Å². The molecule has 12 heavy (non-hydrogen) atoms. The van der Waals surface area contributed by atoms with Gasteiger partial charge in [0.05, 0.1) is 6.20 Å². The standard InChI is InChI=1S/C7H11FN4/c1-9-6-5(8)4-10-7(11-6)12(2)3/h4H,1-3H3,(H,9,10,11). The lowest BCUT2D eigenvalue weighted by Gasteiger charge is -2.10. The van der Waals surface area contributed by atoms with E-state index in [2.05, 4.69) is 15.3 Å². The van der Waals surface area contributed by atoms with Crippen LogP contribution in [0.2, 0.25) is 0 Å². The van der Waals surface area contributed by atoms with Crippen LogP contribution in [0.15, 0.2) is 6.20 Å². The molecule has 1 aromatic rings. The zero-order chi connectivity index (χ0) is 9.14. The van der Waals surface area contributed by atoms with Gasteiger partial charge in [-0.1, -0.05) is 0 Å². The van der Waals surface area contributed by atoms with Gasteiger partial charge in [-0.25, -0.2) is 9.37 Å². The lowest BCUT2D eigenvalue weighted by molar-refractivity contribution is 0.617. The zero-order valence-corrected chi connectivity index (χ0v) is 7.30. The minimum absolute atomic E-state index is 0.216. The summed E-state index contributed by atoms with van der Waals surface area (Å²) in [7, 11) is 5.21. The van der Waals surface area contributed by atoms with Crippen LogP contribution in [0, 0.1) is 5.82 Å². The van der Waals surface area contributed by atoms with E-state index in [0.29, 0.717) is 5.95 Å². The smallest absolute Gasteiger partial charge is 0.226 e. The summed E-state index contributed by atoms with van der Waals surface area (Å²) < 4.78 is 12.8. The van der Waals surface area contributed by atoms with Gasteiger partial charge in [0.15, 0.2) is 11.6 Å². The molecule has 0 fully saturated rings. The average molecular weight is 170 g/mol. The van der Waals surface area contributed by atoms with Crippen LogP contribution in [0.3, 0.4) is 0 Å². The van der Waals surface area contributed by atoms with Crippen LogP contribution in [0.5, 0.6) is 0 Å². The molecule has 0 saturated carbocycles. The van der Waals surface area contributed by atoms with Crippen LogP contribution in [0.4, 0.5) is 16.2 Å². The number of halogens is 1. The van der Waals surface area contributed by atoms with Gasteiger partial charge in [-0.3, -0.25) is 0 Å². The zero-order valence-electron chi connectivity index (χ0n) is 7.30. The highest BCUT2D eigenvalue weighted by molar-refractivity contribution is 5.40. The molecule has 0 aliphatic heterocycles. The summed E-state index contributed by atoms with van der Waals surface area (Å²) in [4.78, 5) is 9.41. The molecule has 0 amide bonds. The molecule has 1 aromatic heterocycles. The Morgan fingerprint density at radius 3 is 2.67 bits per heavy atom. The Morgan fingerprint density at radius 2 is 2.17 bits per heavy atom. The van der Waals surface area contributed by atoms with Gasteiger partial charge in [0, 0.05) is 21.1 Å². The van der Waals surface area contributed by atoms with E-state index in [9.17, 15) is 4.39 Å². The number of nitrogens with zero attached hydrogens (tertiary/aromatic N) is 3. The Hall–Kier alpha value is -1.39. The van der Waals surface area contributed by atoms with Gasteiger partial charge in [-0.2, -0.15) is 4.98 Å². The van der Waals surface area contributed by atoms with E-state index < -0.39 is 5.82 Å². The third-order valence-electron chi connectivity index (χ3n) is 1.37. The second-order valence-electron chi connectivity index (χ2n) is 2.51. The fourth-order valence-electron chi connectivity index (χ4n) is 0.749. The summed E-state index contributed by atoms with van der Waals surface area (Å²) in [5.74, 6) is 0.262. The van der Waals surface area contributed by atoms with E-state index in [-0.39, 0.29) is 5.82 Å². The lowest BCUT2D eigenvalue weighted by atomic mass is 10.5. The van der Waals surface area contributed by atoms with E-state index in [1.165, 1.54) is 0 Å². The molecule has 0 spiro atoms. The number of anilines is 2. The van der Waals surface area contributed by atoms with E-state index in [0.717, 1.165) is 6.20 Å². The molecule has 0 saturated heterocycles. The number of hydrogen-bond acceptors (Lipinski definition) is 4. The van der Waals surface area contributed by atoms with Crippen molar-refractivity contribution < 1.29 is 4.39 Å². The molecule has 0 aliphatic rings. The monoisotopic (exact) mass is 170 g/mol. The maximum Gasteiger partial charge on any atom is 0.226 e. The fourth-order valence-corrected chi connectivity index (χ4v) is 0.749. The van der Waals surface area contributed by atoms with Gasteiger partial charge in [0.25, 0.3) is 0 Å². The number of nitrogens with one attached hydrogen (secondary N) is 1. The highest BCUT2D eigenvalue weighted by Gasteiger charge is 2.05. The first-order chi connectivity index (χ1) is 5.65. The largest absolute Gasteiger partial charge is 0.371 e. The van der Waals surface area contributed by atoms with Crippen LogP contribution in [0.25, 0.3) is 0 Å². The van der Waals surface area contributed by atoms with Crippen LogP contribution in [0.1, 0.15) is 0 Å². The SMILES string of the molecule is CNc1nc(N(C)C)ncc1F. The minimum atomic E-state index is -0.442. The molecular weight excluding hydrogens is 159 g/mol. The Kier molecular flexibility index (Phi) is 2.42. The van der Waals surface area contributed by atoms with Gasteiger partial charge in [-0.15, -0.1) is 0 Å². The molecule has 0 aliphatic carbocycles. The maximum atomic E-state index is 12.8. The molecule has 5 heteroatoms. The summed E-state index contributed by atoms with van der Waals surface area (Å²) >= 11 is 0. The topological polar surface area (TPSA) is 41.1 Å². The van der Waals surface area contributed by atoms with E-state index in [4.69, 9.17) is 0 Å². The van der Waals surface area contributed by atoms with Crippen LogP contribution < -0.4 is 10.2 Å². The normalized spacial score (nSPS) is 9.67. The van der Waals surface area contributed by atoms with Crippen molar-refractivity contribution in [3.05, 3.63) is 12.0 Å². The van der Waals surface area contributed by atoms with Crippen molar-refractivity contribution in [1.29, 1.82) is 0 Å². The molecule has 1 N–H and O–H groups in total. The van der Waals surface area contributed by atoms with E-state index in [1.54, 1.807) is 26.0 Å².